The van der Waals surface area contributed by atoms with E-state index in [2.05, 4.69) is 13.8 Å². The van der Waals surface area contributed by atoms with Crippen molar-refractivity contribution in [3.8, 4) is 0 Å². The molecule has 1 rings (SSSR count). The highest BCUT2D eigenvalue weighted by atomic mass is 35.5. The molecule has 0 amide bonds. The van der Waals surface area contributed by atoms with Gasteiger partial charge in [-0.25, -0.2) is 4.79 Å². The lowest BCUT2D eigenvalue weighted by atomic mass is 10.0. The lowest BCUT2D eigenvalue weighted by Gasteiger charge is -2.18. The maximum absolute atomic E-state index is 12.3. The summed E-state index contributed by atoms with van der Waals surface area (Å²) in [5.41, 5.74) is 0.472. The van der Waals surface area contributed by atoms with E-state index in [1.165, 1.54) is 38.5 Å². The quantitative estimate of drug-likeness (QED) is 0.277. The van der Waals surface area contributed by atoms with Gasteiger partial charge in [-0.3, -0.25) is 0 Å². The number of rotatable bonds is 13. The van der Waals surface area contributed by atoms with E-state index < -0.39 is 0 Å². The van der Waals surface area contributed by atoms with Crippen molar-refractivity contribution in [3.05, 3.63) is 34.9 Å². The molecule has 1 unspecified atom stereocenters. The van der Waals surface area contributed by atoms with Crippen LogP contribution in [0, 0.1) is 0 Å². The predicted molar refractivity (Wildman–Crippen MR) is 103 cm³/mol. The minimum atomic E-state index is -0.287. The summed E-state index contributed by atoms with van der Waals surface area (Å²) in [5, 5.41) is 0.465. The molecule has 0 heterocycles. The molecule has 24 heavy (non-hydrogen) atoms. The van der Waals surface area contributed by atoms with Crippen molar-refractivity contribution in [2.45, 2.75) is 90.6 Å². The smallest absolute Gasteiger partial charge is 0.339 e. The zero-order valence-electron chi connectivity index (χ0n) is 15.4. The van der Waals surface area contributed by atoms with Crippen LogP contribution in [0.2, 0.25) is 5.02 Å². The molecule has 0 aromatic heterocycles. The Morgan fingerprint density at radius 2 is 1.50 bits per heavy atom. The van der Waals surface area contributed by atoms with Crippen molar-refractivity contribution < 1.29 is 9.53 Å². The normalized spacial score (nSPS) is 12.1. The molecule has 0 aliphatic heterocycles. The van der Waals surface area contributed by atoms with Crippen molar-refractivity contribution in [3.63, 3.8) is 0 Å². The molecule has 0 fully saturated rings. The van der Waals surface area contributed by atoms with Gasteiger partial charge in [-0.1, -0.05) is 88.9 Å². The van der Waals surface area contributed by atoms with Crippen LogP contribution in [0.25, 0.3) is 0 Å². The van der Waals surface area contributed by atoms with Gasteiger partial charge in [-0.15, -0.1) is 0 Å². The number of carbonyl (C=O) groups is 1. The summed E-state index contributed by atoms with van der Waals surface area (Å²) in [5.74, 6) is -0.287. The zero-order valence-corrected chi connectivity index (χ0v) is 16.1. The highest BCUT2D eigenvalue weighted by Gasteiger charge is 2.17. The van der Waals surface area contributed by atoms with Gasteiger partial charge in [0.1, 0.15) is 6.10 Å². The third-order valence-electron chi connectivity index (χ3n) is 4.38. The van der Waals surface area contributed by atoms with E-state index in [1.807, 2.05) is 12.1 Å². The third-order valence-corrected chi connectivity index (χ3v) is 4.71. The van der Waals surface area contributed by atoms with E-state index in [0.29, 0.717) is 10.6 Å². The van der Waals surface area contributed by atoms with E-state index in [0.717, 1.165) is 32.1 Å². The summed E-state index contributed by atoms with van der Waals surface area (Å²) >= 11 is 6.09. The third kappa shape index (κ3) is 8.73. The fourth-order valence-electron chi connectivity index (χ4n) is 2.86. The molecule has 1 aromatic rings. The molecular weight excluding hydrogens is 320 g/mol. The maximum Gasteiger partial charge on any atom is 0.339 e. The van der Waals surface area contributed by atoms with Crippen LogP contribution in [-0.4, -0.2) is 12.1 Å². The summed E-state index contributed by atoms with van der Waals surface area (Å²) < 4.78 is 5.74. The van der Waals surface area contributed by atoms with Gasteiger partial charge < -0.3 is 4.74 Å². The van der Waals surface area contributed by atoms with Gasteiger partial charge in [-0.05, 0) is 31.4 Å². The summed E-state index contributed by atoms with van der Waals surface area (Å²) in [4.78, 5) is 12.3. The molecule has 0 aliphatic carbocycles. The van der Waals surface area contributed by atoms with E-state index in [1.54, 1.807) is 12.1 Å². The van der Waals surface area contributed by atoms with Gasteiger partial charge >= 0.3 is 5.97 Å². The molecule has 0 N–H and O–H groups in total. The van der Waals surface area contributed by atoms with Crippen molar-refractivity contribution >= 4 is 17.6 Å². The fraction of sp³-hybridized carbons (Fsp3) is 0.667. The first-order chi connectivity index (χ1) is 11.7. The second-order valence-corrected chi connectivity index (χ2v) is 6.97. The van der Waals surface area contributed by atoms with Gasteiger partial charge in [0.25, 0.3) is 0 Å². The average molecular weight is 353 g/mol. The largest absolute Gasteiger partial charge is 0.459 e. The van der Waals surface area contributed by atoms with E-state index in [9.17, 15) is 4.79 Å². The Kier molecular flexibility index (Phi) is 11.6. The lowest BCUT2D eigenvalue weighted by molar-refractivity contribution is 0.0250. The molecule has 0 aliphatic rings. The van der Waals surface area contributed by atoms with E-state index in [4.69, 9.17) is 16.3 Å². The van der Waals surface area contributed by atoms with Crippen LogP contribution in [0.3, 0.4) is 0 Å². The SMILES string of the molecule is CCCCCCCCCC(CCCC)OC(=O)c1ccccc1Cl. The van der Waals surface area contributed by atoms with Crippen LogP contribution in [0.15, 0.2) is 24.3 Å². The Hall–Kier alpha value is -1.02. The summed E-state index contributed by atoms with van der Waals surface area (Å²) in [6.07, 6.45) is 13.1. The van der Waals surface area contributed by atoms with Gasteiger partial charge in [0, 0.05) is 0 Å². The van der Waals surface area contributed by atoms with E-state index >= 15 is 0 Å². The first-order valence-corrected chi connectivity index (χ1v) is 10.0. The first kappa shape index (κ1) is 21.0. The maximum atomic E-state index is 12.3. The number of carbonyl (C=O) groups excluding carboxylic acids is 1. The number of ether oxygens (including phenoxy) is 1. The van der Waals surface area contributed by atoms with Crippen molar-refractivity contribution in [2.75, 3.05) is 0 Å². The fourth-order valence-corrected chi connectivity index (χ4v) is 3.08. The zero-order chi connectivity index (χ0) is 17.6. The van der Waals surface area contributed by atoms with Gasteiger partial charge in [0.2, 0.25) is 0 Å². The number of halogens is 1. The van der Waals surface area contributed by atoms with Crippen LogP contribution in [-0.2, 0) is 4.74 Å². The van der Waals surface area contributed by atoms with Gasteiger partial charge in [-0.2, -0.15) is 0 Å². The summed E-state index contributed by atoms with van der Waals surface area (Å²) in [7, 11) is 0. The molecular formula is C21H33ClO2. The van der Waals surface area contributed by atoms with E-state index in [-0.39, 0.29) is 12.1 Å². The number of unbranched alkanes of at least 4 members (excludes halogenated alkanes) is 7. The Morgan fingerprint density at radius 3 is 2.17 bits per heavy atom. The Morgan fingerprint density at radius 1 is 0.917 bits per heavy atom. The van der Waals surface area contributed by atoms with Crippen LogP contribution in [0.4, 0.5) is 0 Å². The van der Waals surface area contributed by atoms with Gasteiger partial charge in [0.15, 0.2) is 0 Å². The molecule has 0 bridgehead atoms. The lowest BCUT2D eigenvalue weighted by Crippen LogP contribution is -2.18. The summed E-state index contributed by atoms with van der Waals surface area (Å²) in [6.45, 7) is 4.41. The standard InChI is InChI=1S/C21H33ClO2/c1-3-5-7-8-9-10-11-15-18(14-6-4-2)24-21(23)19-16-12-13-17-20(19)22/h12-13,16-18H,3-11,14-15H2,1-2H3. The van der Waals surface area contributed by atoms with Crippen molar-refractivity contribution in [1.82, 2.24) is 0 Å². The minimum Gasteiger partial charge on any atom is -0.459 e. The first-order valence-electron chi connectivity index (χ1n) is 9.64. The Balaban J connectivity index is 2.38. The topological polar surface area (TPSA) is 26.3 Å². The second-order valence-electron chi connectivity index (χ2n) is 6.56. The number of benzene rings is 1. The highest BCUT2D eigenvalue weighted by Crippen LogP contribution is 2.20. The second kappa shape index (κ2) is 13.3. The minimum absolute atomic E-state index is 0.0179. The predicted octanol–water partition coefficient (Wildman–Crippen LogP) is 7.20. The molecule has 3 heteroatoms. The van der Waals surface area contributed by atoms with Crippen LogP contribution in [0.1, 0.15) is 94.8 Å². The molecule has 0 radical (unpaired) electrons. The van der Waals surface area contributed by atoms with Crippen LogP contribution >= 0.6 is 11.6 Å². The Labute approximate surface area is 152 Å². The molecule has 2 nitrogen and oxygen atoms in total. The van der Waals surface area contributed by atoms with Crippen LogP contribution < -0.4 is 0 Å². The number of hydrogen-bond donors (Lipinski definition) is 0. The molecule has 1 aromatic carbocycles. The Bertz CT molecular complexity index is 459. The number of esters is 1. The monoisotopic (exact) mass is 352 g/mol. The molecule has 1 atom stereocenters. The van der Waals surface area contributed by atoms with Crippen molar-refractivity contribution in [2.24, 2.45) is 0 Å². The highest BCUT2D eigenvalue weighted by molar-refractivity contribution is 6.33. The van der Waals surface area contributed by atoms with Crippen LogP contribution in [0.5, 0.6) is 0 Å². The number of hydrogen-bond acceptors (Lipinski definition) is 2. The molecule has 0 saturated heterocycles. The van der Waals surface area contributed by atoms with Crippen molar-refractivity contribution in [1.29, 1.82) is 0 Å². The van der Waals surface area contributed by atoms with Gasteiger partial charge in [0.05, 0.1) is 10.6 Å². The molecule has 136 valence electrons. The average Bonchev–Trinajstić information content (AvgIpc) is 2.58. The summed E-state index contributed by atoms with van der Waals surface area (Å²) in [6, 6.07) is 7.11. The molecule has 0 spiro atoms. The molecule has 0 saturated carbocycles.